The van der Waals surface area contributed by atoms with Crippen molar-refractivity contribution >= 4 is 0 Å². The molecule has 0 radical (unpaired) electrons. The Morgan fingerprint density at radius 2 is 2.13 bits per heavy atom. The van der Waals surface area contributed by atoms with Gasteiger partial charge in [0.15, 0.2) is 0 Å². The molecule has 0 aliphatic heterocycles. The summed E-state index contributed by atoms with van der Waals surface area (Å²) in [4.78, 5) is 4.08. The highest BCUT2D eigenvalue weighted by molar-refractivity contribution is 5.30. The van der Waals surface area contributed by atoms with Crippen LogP contribution in [0.2, 0.25) is 0 Å². The largest absolute Gasteiger partial charge is 0.495 e. The van der Waals surface area contributed by atoms with Gasteiger partial charge in [-0.3, -0.25) is 4.98 Å². The van der Waals surface area contributed by atoms with Crippen LogP contribution in [-0.2, 0) is 5.60 Å². The van der Waals surface area contributed by atoms with Gasteiger partial charge in [-0.1, -0.05) is 6.92 Å². The number of rotatable bonds is 3. The van der Waals surface area contributed by atoms with Gasteiger partial charge in [0, 0.05) is 17.2 Å². The van der Waals surface area contributed by atoms with Gasteiger partial charge in [-0.25, -0.2) is 0 Å². The fourth-order valence-corrected chi connectivity index (χ4v) is 1.82. The number of ether oxygens (including phenoxy) is 1. The number of hydrogen-bond donors (Lipinski definition) is 1. The molecular weight excluding hydrogens is 190 g/mol. The van der Waals surface area contributed by atoms with Crippen LogP contribution in [0.25, 0.3) is 0 Å². The van der Waals surface area contributed by atoms with Crippen molar-refractivity contribution in [2.45, 2.75) is 32.3 Å². The third-order valence-electron chi connectivity index (χ3n) is 3.69. The maximum atomic E-state index is 10.5. The lowest BCUT2D eigenvalue weighted by atomic mass is 9.82. The summed E-state index contributed by atoms with van der Waals surface area (Å²) in [5.74, 6) is 0.692. The van der Waals surface area contributed by atoms with Gasteiger partial charge in [-0.2, -0.15) is 0 Å². The molecule has 15 heavy (non-hydrogen) atoms. The van der Waals surface area contributed by atoms with Gasteiger partial charge in [-0.05, 0) is 25.8 Å². The van der Waals surface area contributed by atoms with E-state index in [0.717, 1.165) is 18.4 Å². The minimum atomic E-state index is -0.811. The van der Waals surface area contributed by atoms with Gasteiger partial charge in [0.05, 0.1) is 18.9 Å². The fourth-order valence-electron chi connectivity index (χ4n) is 1.82. The number of aromatic nitrogens is 1. The second-order valence-corrected chi connectivity index (χ2v) is 4.75. The molecule has 0 spiro atoms. The van der Waals surface area contributed by atoms with E-state index in [2.05, 4.69) is 11.9 Å². The van der Waals surface area contributed by atoms with E-state index >= 15 is 0 Å². The minimum Gasteiger partial charge on any atom is -0.495 e. The first-order chi connectivity index (χ1) is 6.99. The molecule has 0 saturated heterocycles. The first kappa shape index (κ1) is 10.4. The second kappa shape index (κ2) is 3.20. The van der Waals surface area contributed by atoms with Crippen LogP contribution < -0.4 is 4.74 Å². The molecule has 0 bridgehead atoms. The number of methoxy groups -OCH3 is 1. The summed E-state index contributed by atoms with van der Waals surface area (Å²) in [6, 6.07) is 1.86. The maximum Gasteiger partial charge on any atom is 0.137 e. The van der Waals surface area contributed by atoms with E-state index in [-0.39, 0.29) is 5.41 Å². The number of nitrogens with zero attached hydrogens (tertiary/aromatic N) is 1. The Labute approximate surface area is 90.1 Å². The zero-order valence-electron chi connectivity index (χ0n) is 9.45. The van der Waals surface area contributed by atoms with Gasteiger partial charge < -0.3 is 9.84 Å². The van der Waals surface area contributed by atoms with Crippen molar-refractivity contribution in [3.05, 3.63) is 24.0 Å². The van der Waals surface area contributed by atoms with Crippen molar-refractivity contribution < 1.29 is 9.84 Å². The Morgan fingerprint density at radius 3 is 2.67 bits per heavy atom. The van der Waals surface area contributed by atoms with E-state index in [0.29, 0.717) is 5.75 Å². The fraction of sp³-hybridized carbons (Fsp3) is 0.583. The highest BCUT2D eigenvalue weighted by Crippen LogP contribution is 2.57. The smallest absolute Gasteiger partial charge is 0.137 e. The van der Waals surface area contributed by atoms with E-state index in [1.165, 1.54) is 0 Å². The highest BCUT2D eigenvalue weighted by Gasteiger charge is 2.53. The van der Waals surface area contributed by atoms with Gasteiger partial charge >= 0.3 is 0 Å². The van der Waals surface area contributed by atoms with E-state index in [9.17, 15) is 5.11 Å². The lowest BCUT2D eigenvalue weighted by molar-refractivity contribution is -0.0131. The van der Waals surface area contributed by atoms with Crippen LogP contribution in [-0.4, -0.2) is 17.2 Å². The number of aliphatic hydroxyl groups is 1. The molecular formula is C12H17NO2. The van der Waals surface area contributed by atoms with Gasteiger partial charge in [0.1, 0.15) is 5.75 Å². The Bertz CT molecular complexity index is 370. The average molecular weight is 207 g/mol. The summed E-state index contributed by atoms with van der Waals surface area (Å²) in [5, 5.41) is 10.5. The van der Waals surface area contributed by atoms with Crippen molar-refractivity contribution in [2.75, 3.05) is 7.11 Å². The van der Waals surface area contributed by atoms with Gasteiger partial charge in [0.25, 0.3) is 0 Å². The molecule has 1 aliphatic rings. The standard InChI is InChI=1S/C12H17NO2/c1-11(4-5-11)12(2,14)9-6-10(15-3)8-13-7-9/h6-8,14H,4-5H2,1-3H3. The Balaban J connectivity index is 2.36. The molecule has 82 valence electrons. The van der Waals surface area contributed by atoms with Crippen LogP contribution in [0, 0.1) is 5.41 Å². The van der Waals surface area contributed by atoms with Crippen LogP contribution in [0.15, 0.2) is 18.5 Å². The van der Waals surface area contributed by atoms with E-state index in [4.69, 9.17) is 4.74 Å². The minimum absolute atomic E-state index is 0.00104. The van der Waals surface area contributed by atoms with Crippen molar-refractivity contribution in [3.8, 4) is 5.75 Å². The van der Waals surface area contributed by atoms with Crippen molar-refractivity contribution in [1.82, 2.24) is 4.98 Å². The molecule has 0 aromatic carbocycles. The normalized spacial score (nSPS) is 21.9. The molecule has 2 rings (SSSR count). The third kappa shape index (κ3) is 1.61. The van der Waals surface area contributed by atoms with E-state index in [1.54, 1.807) is 19.5 Å². The summed E-state index contributed by atoms with van der Waals surface area (Å²) in [6.45, 7) is 3.96. The Kier molecular flexibility index (Phi) is 2.23. The molecule has 1 fully saturated rings. The Morgan fingerprint density at radius 1 is 1.47 bits per heavy atom. The van der Waals surface area contributed by atoms with E-state index in [1.807, 2.05) is 13.0 Å². The Hall–Kier alpha value is -1.09. The molecule has 1 atom stereocenters. The summed E-state index contributed by atoms with van der Waals surface area (Å²) < 4.78 is 5.11. The first-order valence-electron chi connectivity index (χ1n) is 5.21. The SMILES string of the molecule is COc1cncc(C(C)(O)C2(C)CC2)c1. The summed E-state index contributed by atoms with van der Waals surface area (Å²) >= 11 is 0. The van der Waals surface area contributed by atoms with Crippen molar-refractivity contribution in [2.24, 2.45) is 5.41 Å². The van der Waals surface area contributed by atoms with E-state index < -0.39 is 5.60 Å². The molecule has 3 heteroatoms. The molecule has 1 heterocycles. The molecule has 1 saturated carbocycles. The molecule has 1 aromatic rings. The molecule has 1 unspecified atom stereocenters. The molecule has 3 nitrogen and oxygen atoms in total. The van der Waals surface area contributed by atoms with Crippen LogP contribution in [0.1, 0.15) is 32.3 Å². The third-order valence-corrected chi connectivity index (χ3v) is 3.69. The van der Waals surface area contributed by atoms with Gasteiger partial charge in [0.2, 0.25) is 0 Å². The van der Waals surface area contributed by atoms with Crippen molar-refractivity contribution in [1.29, 1.82) is 0 Å². The monoisotopic (exact) mass is 207 g/mol. The van der Waals surface area contributed by atoms with Gasteiger partial charge in [-0.15, -0.1) is 0 Å². The molecule has 1 aliphatic carbocycles. The summed E-state index contributed by atoms with van der Waals surface area (Å²) in [7, 11) is 1.61. The first-order valence-corrected chi connectivity index (χ1v) is 5.21. The van der Waals surface area contributed by atoms with Crippen LogP contribution in [0.4, 0.5) is 0 Å². The second-order valence-electron chi connectivity index (χ2n) is 4.75. The molecule has 0 amide bonds. The topological polar surface area (TPSA) is 42.4 Å². The van der Waals surface area contributed by atoms with Crippen LogP contribution in [0.3, 0.4) is 0 Å². The average Bonchev–Trinajstić information content (AvgIpc) is 2.98. The zero-order valence-corrected chi connectivity index (χ0v) is 9.45. The lowest BCUT2D eigenvalue weighted by Gasteiger charge is -2.30. The zero-order chi connectivity index (χ0) is 11.1. The summed E-state index contributed by atoms with van der Waals surface area (Å²) in [5.41, 5.74) is 0.0251. The molecule has 1 N–H and O–H groups in total. The predicted octanol–water partition coefficient (Wildman–Crippen LogP) is 2.10. The van der Waals surface area contributed by atoms with Crippen molar-refractivity contribution in [3.63, 3.8) is 0 Å². The number of pyridine rings is 1. The quantitative estimate of drug-likeness (QED) is 0.825. The lowest BCUT2D eigenvalue weighted by Crippen LogP contribution is -2.31. The highest BCUT2D eigenvalue weighted by atomic mass is 16.5. The number of hydrogen-bond acceptors (Lipinski definition) is 3. The summed E-state index contributed by atoms with van der Waals surface area (Å²) in [6.07, 6.45) is 5.50. The predicted molar refractivity (Wildman–Crippen MR) is 57.7 cm³/mol. The van der Waals surface area contributed by atoms with Crippen LogP contribution >= 0.6 is 0 Å². The molecule has 1 aromatic heterocycles. The van der Waals surface area contributed by atoms with Crippen LogP contribution in [0.5, 0.6) is 5.75 Å². The maximum absolute atomic E-state index is 10.5.